The van der Waals surface area contributed by atoms with Gasteiger partial charge in [-0.2, -0.15) is 0 Å². The second-order valence-electron chi connectivity index (χ2n) is 9.77. The van der Waals surface area contributed by atoms with Crippen LogP contribution in [0.3, 0.4) is 0 Å². The molecule has 4 atom stereocenters. The number of piperidine rings is 1. The van der Waals surface area contributed by atoms with Crippen LogP contribution in [0.25, 0.3) is 0 Å². The molecular formula is C29H42N2O7. The number of nitrogens with zero attached hydrogens (tertiary/aromatic N) is 1. The zero-order chi connectivity index (χ0) is 26.7. The fourth-order valence-electron chi connectivity index (χ4n) is 5.16. The van der Waals surface area contributed by atoms with Crippen molar-refractivity contribution < 1.29 is 33.5 Å². The van der Waals surface area contributed by atoms with Gasteiger partial charge in [-0.15, -0.1) is 0 Å². The minimum Gasteiger partial charge on any atom is -0.497 e. The fourth-order valence-corrected chi connectivity index (χ4v) is 5.16. The lowest BCUT2D eigenvalue weighted by Crippen LogP contribution is -2.51. The normalized spacial score (nSPS) is 22.0. The average molecular weight is 531 g/mol. The molecule has 2 N–H and O–H groups in total. The lowest BCUT2D eigenvalue weighted by Gasteiger charge is -2.39. The zero-order valence-electron chi connectivity index (χ0n) is 22.8. The monoisotopic (exact) mass is 530 g/mol. The molecule has 38 heavy (non-hydrogen) atoms. The Bertz CT molecular complexity index is 974. The predicted molar refractivity (Wildman–Crippen MR) is 145 cm³/mol. The van der Waals surface area contributed by atoms with Crippen LogP contribution in [-0.4, -0.2) is 97.4 Å². The molecule has 9 heteroatoms. The van der Waals surface area contributed by atoms with E-state index in [1.165, 1.54) is 0 Å². The van der Waals surface area contributed by atoms with E-state index in [-0.39, 0.29) is 31.3 Å². The number of hydrogen-bond donors (Lipinski definition) is 2. The number of anilines is 1. The summed E-state index contributed by atoms with van der Waals surface area (Å²) in [4.78, 5) is 2.36. The summed E-state index contributed by atoms with van der Waals surface area (Å²) in [7, 11) is 4.97. The number of ether oxygens (including phenoxy) is 6. The van der Waals surface area contributed by atoms with Gasteiger partial charge in [-0.1, -0.05) is 18.2 Å². The van der Waals surface area contributed by atoms with Crippen LogP contribution in [-0.2, 0) is 25.6 Å². The van der Waals surface area contributed by atoms with E-state index >= 15 is 0 Å². The van der Waals surface area contributed by atoms with Crippen molar-refractivity contribution in [2.45, 2.75) is 37.3 Å². The maximum Gasteiger partial charge on any atom is 0.142 e. The molecule has 0 bridgehead atoms. The maximum atomic E-state index is 10.2. The topological polar surface area (TPSA) is 90.9 Å². The second-order valence-corrected chi connectivity index (χ2v) is 9.77. The van der Waals surface area contributed by atoms with Gasteiger partial charge in [0.25, 0.3) is 0 Å². The van der Waals surface area contributed by atoms with Crippen molar-refractivity contribution in [2.75, 3.05) is 78.8 Å². The highest BCUT2D eigenvalue weighted by Gasteiger charge is 2.36. The number of rotatable bonds is 14. The van der Waals surface area contributed by atoms with Gasteiger partial charge in [0.1, 0.15) is 24.2 Å². The quantitative estimate of drug-likeness (QED) is 0.358. The number of fused-ring (bicyclic) bond motifs is 1. The summed E-state index contributed by atoms with van der Waals surface area (Å²) in [5.41, 5.74) is 3.32. The fraction of sp³-hybridized carbons (Fsp3) is 0.586. The van der Waals surface area contributed by atoms with Crippen molar-refractivity contribution in [3.05, 3.63) is 53.6 Å². The molecular weight excluding hydrogens is 488 g/mol. The van der Waals surface area contributed by atoms with Crippen molar-refractivity contribution >= 4 is 5.69 Å². The third kappa shape index (κ3) is 7.59. The van der Waals surface area contributed by atoms with Crippen molar-refractivity contribution in [1.82, 2.24) is 5.32 Å². The largest absolute Gasteiger partial charge is 0.497 e. The molecule has 0 aliphatic carbocycles. The Morgan fingerprint density at radius 2 is 1.79 bits per heavy atom. The van der Waals surface area contributed by atoms with Crippen molar-refractivity contribution in [1.29, 1.82) is 0 Å². The Kier molecular flexibility index (Phi) is 11.0. The molecule has 210 valence electrons. The first-order valence-electron chi connectivity index (χ1n) is 13.4. The minimum absolute atomic E-state index is 0.0107. The molecule has 2 aliphatic heterocycles. The van der Waals surface area contributed by atoms with Crippen LogP contribution in [0, 0.1) is 0 Å². The summed E-state index contributed by atoms with van der Waals surface area (Å²) in [6.07, 6.45) is 0.00467. The number of nitrogens with one attached hydrogen (secondary N) is 1. The smallest absolute Gasteiger partial charge is 0.142 e. The van der Waals surface area contributed by atoms with E-state index in [0.717, 1.165) is 54.4 Å². The van der Waals surface area contributed by atoms with Crippen LogP contribution in [0.2, 0.25) is 0 Å². The van der Waals surface area contributed by atoms with Crippen LogP contribution in [0.5, 0.6) is 11.5 Å². The molecule has 2 heterocycles. The van der Waals surface area contributed by atoms with Gasteiger partial charge in [0, 0.05) is 46.4 Å². The van der Waals surface area contributed by atoms with Gasteiger partial charge in [-0.25, -0.2) is 0 Å². The Balaban J connectivity index is 1.47. The first-order valence-corrected chi connectivity index (χ1v) is 13.4. The van der Waals surface area contributed by atoms with Gasteiger partial charge in [0.15, 0.2) is 0 Å². The molecule has 0 aromatic heterocycles. The highest BCUT2D eigenvalue weighted by Crippen LogP contribution is 2.35. The van der Waals surface area contributed by atoms with Crippen molar-refractivity contribution in [3.8, 4) is 11.5 Å². The van der Waals surface area contributed by atoms with E-state index in [0.29, 0.717) is 26.3 Å². The molecule has 2 aromatic carbocycles. The first-order chi connectivity index (χ1) is 18.6. The van der Waals surface area contributed by atoms with Crippen LogP contribution >= 0.6 is 0 Å². The lowest BCUT2D eigenvalue weighted by atomic mass is 9.85. The Labute approximate surface area is 225 Å². The molecule has 0 amide bonds. The number of benzene rings is 2. The predicted octanol–water partition coefficient (Wildman–Crippen LogP) is 2.60. The molecule has 2 aromatic rings. The van der Waals surface area contributed by atoms with E-state index in [1.54, 1.807) is 21.3 Å². The third-order valence-corrected chi connectivity index (χ3v) is 7.08. The van der Waals surface area contributed by atoms with Crippen LogP contribution in [0.4, 0.5) is 5.69 Å². The van der Waals surface area contributed by atoms with E-state index in [1.807, 2.05) is 18.2 Å². The van der Waals surface area contributed by atoms with Gasteiger partial charge < -0.3 is 43.7 Å². The maximum absolute atomic E-state index is 10.2. The number of aliphatic hydroxyl groups is 1. The molecule has 2 aliphatic rings. The van der Waals surface area contributed by atoms with E-state index < -0.39 is 6.10 Å². The summed E-state index contributed by atoms with van der Waals surface area (Å²) in [6.45, 7) is 5.49. The van der Waals surface area contributed by atoms with E-state index in [4.69, 9.17) is 28.4 Å². The minimum atomic E-state index is -0.678. The van der Waals surface area contributed by atoms with Crippen molar-refractivity contribution in [3.63, 3.8) is 0 Å². The highest BCUT2D eigenvalue weighted by molar-refractivity contribution is 5.61. The molecule has 9 nitrogen and oxygen atoms in total. The SMILES string of the molecule is COCCCN1CCOc2ccc(CO[C@H]3CNC[C@@H](OC[C@H](O)COC)[C@@H]3c3ccc(OC)cc3)cc21. The standard InChI is InChI=1S/C29H42N2O7/c1-33-13-4-11-31-12-14-36-26-10-5-21(15-25(26)31)18-37-27-16-30-17-28(38-20-23(32)19-34-2)29(27)22-6-8-24(35-3)9-7-22/h5-10,15,23,27-30,32H,4,11-14,16-20H2,1-3H3/t23-,27+,28-,29-/m1/s1. The Morgan fingerprint density at radius 1 is 1.00 bits per heavy atom. The summed E-state index contributed by atoms with van der Waals surface area (Å²) in [6, 6.07) is 14.4. The Morgan fingerprint density at radius 3 is 2.53 bits per heavy atom. The van der Waals surface area contributed by atoms with Crippen molar-refractivity contribution in [2.24, 2.45) is 0 Å². The summed E-state index contributed by atoms with van der Waals surface area (Å²) in [5, 5.41) is 13.6. The molecule has 4 rings (SSSR count). The number of methoxy groups -OCH3 is 3. The number of aliphatic hydroxyl groups excluding tert-OH is 1. The molecule has 1 fully saturated rings. The zero-order valence-corrected chi connectivity index (χ0v) is 22.8. The average Bonchev–Trinajstić information content (AvgIpc) is 2.95. The van der Waals surface area contributed by atoms with Gasteiger partial charge >= 0.3 is 0 Å². The van der Waals surface area contributed by atoms with Gasteiger partial charge in [-0.3, -0.25) is 0 Å². The molecule has 0 saturated carbocycles. The second kappa shape index (κ2) is 14.7. The first kappa shape index (κ1) is 28.6. The summed E-state index contributed by atoms with van der Waals surface area (Å²) < 4.78 is 34.3. The molecule has 1 saturated heterocycles. The highest BCUT2D eigenvalue weighted by atomic mass is 16.5. The third-order valence-electron chi connectivity index (χ3n) is 7.08. The Hall–Kier alpha value is -2.40. The lowest BCUT2D eigenvalue weighted by molar-refractivity contribution is -0.0856. The van der Waals surface area contributed by atoms with Crippen LogP contribution < -0.4 is 19.7 Å². The van der Waals surface area contributed by atoms with Crippen LogP contribution in [0.15, 0.2) is 42.5 Å². The summed E-state index contributed by atoms with van der Waals surface area (Å²) in [5.74, 6) is 1.71. The van der Waals surface area contributed by atoms with Crippen LogP contribution in [0.1, 0.15) is 23.5 Å². The van der Waals surface area contributed by atoms with Gasteiger partial charge in [0.2, 0.25) is 0 Å². The summed E-state index contributed by atoms with van der Waals surface area (Å²) >= 11 is 0. The van der Waals surface area contributed by atoms with E-state index in [2.05, 4.69) is 34.5 Å². The van der Waals surface area contributed by atoms with Gasteiger partial charge in [0.05, 0.1) is 51.4 Å². The molecule has 0 spiro atoms. The molecule has 0 radical (unpaired) electrons. The number of hydrogen-bond acceptors (Lipinski definition) is 9. The van der Waals surface area contributed by atoms with E-state index in [9.17, 15) is 5.11 Å². The molecule has 0 unspecified atom stereocenters. The van der Waals surface area contributed by atoms with Gasteiger partial charge in [-0.05, 0) is 41.8 Å².